The van der Waals surface area contributed by atoms with Crippen LogP contribution in [-0.4, -0.2) is 71.2 Å². The molecule has 0 saturated carbocycles. The lowest BCUT2D eigenvalue weighted by Gasteiger charge is -2.07. The summed E-state index contributed by atoms with van der Waals surface area (Å²) in [5.41, 5.74) is 2.96. The number of carbonyl (C=O) groups is 2. The van der Waals surface area contributed by atoms with Crippen molar-refractivity contribution in [2.45, 2.75) is 20.1 Å². The van der Waals surface area contributed by atoms with Crippen molar-refractivity contribution in [3.05, 3.63) is 121 Å². The van der Waals surface area contributed by atoms with Gasteiger partial charge in [0.2, 0.25) is 13.6 Å². The van der Waals surface area contributed by atoms with Crippen LogP contribution in [0.3, 0.4) is 0 Å². The third-order valence-corrected chi connectivity index (χ3v) is 10.1. The first-order chi connectivity index (χ1) is 28.2. The fraction of sp³-hybridized carbons (Fsp3) is 0.179. The SMILES string of the molecule is CCOC(=O)c1csc(COc2ccc(I)cc2)n1.O=C(OCO)c1csc(COc2ccc(-c3ccc4c(c3)OCO4)cc2)n1.OB(O)c1ccc2c(c1)OCO2. The minimum absolute atomic E-state index is 0.158. The molecular formula is C39H34BIN2O13S2. The van der Waals surface area contributed by atoms with E-state index in [2.05, 4.69) is 37.3 Å². The topological polar surface area (TPSA) is 194 Å². The largest absolute Gasteiger partial charge is 0.488 e. The predicted octanol–water partition coefficient (Wildman–Crippen LogP) is 5.82. The van der Waals surface area contributed by atoms with Crippen LogP contribution in [0.5, 0.6) is 34.5 Å². The van der Waals surface area contributed by atoms with Gasteiger partial charge in [-0.3, -0.25) is 0 Å². The molecule has 4 heterocycles. The van der Waals surface area contributed by atoms with Gasteiger partial charge in [0.1, 0.15) is 34.7 Å². The number of thiazole rings is 2. The standard InChI is InChI=1S/C19H15NO6S.C13H12INO3S.C7H7BO4/c21-10-24-19(22)15-9-27-18(20-15)8-23-14-4-1-12(2-5-14)13-3-6-16-17(7-13)26-11-25-16;1-2-17-13(16)11-8-19-12(15-11)7-18-10-5-3-9(14)4-6-10;9-8(10)5-1-2-6-7(3-5)12-4-11-6/h1-7,9,21H,8,10-11H2;3-6,8H,2,7H2,1H3;1-3,9-10H,4H2. The van der Waals surface area contributed by atoms with E-state index in [4.69, 9.17) is 48.3 Å². The number of hydrogen-bond donors (Lipinski definition) is 3. The van der Waals surface area contributed by atoms with Crippen LogP contribution in [0, 0.1) is 3.57 Å². The van der Waals surface area contributed by atoms with Crippen LogP contribution in [0.25, 0.3) is 11.1 Å². The van der Waals surface area contributed by atoms with Gasteiger partial charge in [-0.05, 0) is 107 Å². The molecule has 19 heteroatoms. The van der Waals surface area contributed by atoms with Gasteiger partial charge in [-0.1, -0.05) is 24.3 Å². The maximum absolute atomic E-state index is 11.5. The first kappa shape index (κ1) is 42.2. The highest BCUT2D eigenvalue weighted by atomic mass is 127. The van der Waals surface area contributed by atoms with E-state index in [0.717, 1.165) is 37.0 Å². The molecule has 2 aromatic heterocycles. The molecule has 0 fully saturated rings. The van der Waals surface area contributed by atoms with Crippen molar-refractivity contribution in [1.82, 2.24) is 9.97 Å². The lowest BCUT2D eigenvalue weighted by Crippen LogP contribution is -2.29. The maximum Gasteiger partial charge on any atom is 0.488 e. The van der Waals surface area contributed by atoms with E-state index < -0.39 is 19.9 Å². The van der Waals surface area contributed by atoms with Crippen LogP contribution < -0.4 is 33.9 Å². The molecule has 2 aliphatic heterocycles. The van der Waals surface area contributed by atoms with Crippen molar-refractivity contribution in [3.63, 3.8) is 0 Å². The van der Waals surface area contributed by atoms with Gasteiger partial charge >= 0.3 is 19.1 Å². The number of nitrogens with zero attached hydrogens (tertiary/aromatic N) is 2. The number of carbonyl (C=O) groups excluding carboxylic acids is 2. The Balaban J connectivity index is 0.000000159. The Kier molecular flexibility index (Phi) is 15.1. The Morgan fingerprint density at radius 1 is 0.690 bits per heavy atom. The van der Waals surface area contributed by atoms with E-state index in [1.54, 1.807) is 35.9 Å². The zero-order valence-electron chi connectivity index (χ0n) is 30.6. The van der Waals surface area contributed by atoms with Gasteiger partial charge in [-0.2, -0.15) is 0 Å². The van der Waals surface area contributed by atoms with E-state index in [1.807, 2.05) is 66.7 Å². The second kappa shape index (κ2) is 20.8. The van der Waals surface area contributed by atoms with Crippen molar-refractivity contribution in [2.75, 3.05) is 27.0 Å². The van der Waals surface area contributed by atoms with E-state index in [1.165, 1.54) is 22.7 Å². The van der Waals surface area contributed by atoms with E-state index in [0.29, 0.717) is 46.6 Å². The number of aromatic nitrogens is 2. The highest BCUT2D eigenvalue weighted by Crippen LogP contribution is 2.36. The lowest BCUT2D eigenvalue weighted by atomic mass is 9.80. The molecule has 0 amide bonds. The summed E-state index contributed by atoms with van der Waals surface area (Å²) >= 11 is 4.92. The summed E-state index contributed by atoms with van der Waals surface area (Å²) in [7, 11) is -1.46. The number of esters is 2. The van der Waals surface area contributed by atoms with E-state index in [-0.39, 0.29) is 31.9 Å². The smallest absolute Gasteiger partial charge is 0.486 e. The third-order valence-electron chi connectivity index (χ3n) is 7.79. The second-order valence-electron chi connectivity index (χ2n) is 11.6. The first-order valence-electron chi connectivity index (χ1n) is 17.3. The van der Waals surface area contributed by atoms with Gasteiger partial charge in [-0.15, -0.1) is 22.7 Å². The highest BCUT2D eigenvalue weighted by Gasteiger charge is 2.19. The number of benzene rings is 4. The normalized spacial score (nSPS) is 11.7. The molecule has 6 aromatic rings. The van der Waals surface area contributed by atoms with Gasteiger partial charge in [-0.25, -0.2) is 19.6 Å². The summed E-state index contributed by atoms with van der Waals surface area (Å²) in [4.78, 5) is 31.2. The minimum Gasteiger partial charge on any atom is -0.486 e. The summed E-state index contributed by atoms with van der Waals surface area (Å²) in [5.74, 6) is 3.12. The molecule has 15 nitrogen and oxygen atoms in total. The quantitative estimate of drug-likeness (QED) is 0.0575. The number of fused-ring (bicyclic) bond motifs is 2. The van der Waals surface area contributed by atoms with Gasteiger partial charge in [0.05, 0.1) is 6.61 Å². The summed E-state index contributed by atoms with van der Waals surface area (Å²) in [6, 6.07) is 26.0. The molecule has 0 radical (unpaired) electrons. The molecule has 8 rings (SSSR count). The fourth-order valence-electron chi connectivity index (χ4n) is 4.99. The van der Waals surface area contributed by atoms with Crippen molar-refractivity contribution in [3.8, 4) is 45.6 Å². The first-order valence-corrected chi connectivity index (χ1v) is 20.1. The molecule has 300 valence electrons. The average Bonchev–Trinajstić information content (AvgIpc) is 4.08. The molecule has 0 atom stereocenters. The van der Waals surface area contributed by atoms with Crippen molar-refractivity contribution in [2.24, 2.45) is 0 Å². The summed E-state index contributed by atoms with van der Waals surface area (Å²) in [6.07, 6.45) is 0. The zero-order valence-corrected chi connectivity index (χ0v) is 34.4. The second-order valence-corrected chi connectivity index (χ2v) is 14.8. The van der Waals surface area contributed by atoms with Gasteiger partial charge < -0.3 is 53.0 Å². The Bertz CT molecular complexity index is 2290. The Labute approximate surface area is 353 Å². The van der Waals surface area contributed by atoms with Gasteiger partial charge in [0, 0.05) is 14.3 Å². The number of rotatable bonds is 12. The van der Waals surface area contributed by atoms with Crippen LogP contribution in [0.1, 0.15) is 37.9 Å². The van der Waals surface area contributed by atoms with Crippen molar-refractivity contribution < 1.29 is 62.6 Å². The van der Waals surface area contributed by atoms with E-state index >= 15 is 0 Å². The van der Waals surface area contributed by atoms with Crippen LogP contribution >= 0.6 is 45.3 Å². The molecule has 0 unspecified atom stereocenters. The molecule has 0 bridgehead atoms. The molecule has 0 spiro atoms. The molecule has 0 saturated heterocycles. The predicted molar refractivity (Wildman–Crippen MR) is 221 cm³/mol. The number of halogens is 1. The number of ether oxygens (including phenoxy) is 8. The Morgan fingerprint density at radius 2 is 1.19 bits per heavy atom. The maximum atomic E-state index is 11.5. The van der Waals surface area contributed by atoms with Gasteiger partial charge in [0.15, 0.2) is 41.2 Å². The zero-order chi connectivity index (χ0) is 40.9. The molecule has 0 aliphatic carbocycles. The summed E-state index contributed by atoms with van der Waals surface area (Å²) in [6.45, 7) is 2.49. The summed E-state index contributed by atoms with van der Waals surface area (Å²) in [5, 5.41) is 30.9. The van der Waals surface area contributed by atoms with Crippen LogP contribution in [0.4, 0.5) is 0 Å². The van der Waals surface area contributed by atoms with Crippen LogP contribution in [-0.2, 0) is 22.7 Å². The molecule has 2 aliphatic rings. The fourth-order valence-corrected chi connectivity index (χ4v) is 6.70. The third kappa shape index (κ3) is 11.8. The van der Waals surface area contributed by atoms with Crippen LogP contribution in [0.15, 0.2) is 95.7 Å². The van der Waals surface area contributed by atoms with Crippen molar-refractivity contribution in [1.29, 1.82) is 0 Å². The average molecular weight is 941 g/mol. The molecule has 3 N–H and O–H groups in total. The lowest BCUT2D eigenvalue weighted by molar-refractivity contribution is 0.00625. The molecular weight excluding hydrogens is 906 g/mol. The van der Waals surface area contributed by atoms with Crippen LogP contribution in [0.2, 0.25) is 0 Å². The number of aliphatic hydroxyl groups is 1. The summed E-state index contributed by atoms with van der Waals surface area (Å²) < 4.78 is 42.7. The van der Waals surface area contributed by atoms with Gasteiger partial charge in [0.25, 0.3) is 0 Å². The monoisotopic (exact) mass is 940 g/mol. The number of aliphatic hydroxyl groups excluding tert-OH is 1. The minimum atomic E-state index is -1.46. The van der Waals surface area contributed by atoms with Crippen molar-refractivity contribution >= 4 is 69.8 Å². The molecule has 58 heavy (non-hydrogen) atoms. The Hall–Kier alpha value is -5.45. The van der Waals surface area contributed by atoms with E-state index in [9.17, 15) is 9.59 Å². The highest BCUT2D eigenvalue weighted by molar-refractivity contribution is 14.1. The Morgan fingerprint density at radius 3 is 1.74 bits per heavy atom. The molecule has 4 aromatic carbocycles. The number of hydrogen-bond acceptors (Lipinski definition) is 17.